The molecule has 19 heavy (non-hydrogen) atoms. The van der Waals surface area contributed by atoms with Crippen molar-refractivity contribution in [2.24, 2.45) is 7.05 Å². The summed E-state index contributed by atoms with van der Waals surface area (Å²) in [6.45, 7) is 0.765. The highest BCUT2D eigenvalue weighted by molar-refractivity contribution is 5.51. The first kappa shape index (κ1) is 11.6. The predicted molar refractivity (Wildman–Crippen MR) is 72.2 cm³/mol. The van der Waals surface area contributed by atoms with Crippen molar-refractivity contribution in [3.05, 3.63) is 66.5 Å². The molecule has 0 spiro atoms. The van der Waals surface area contributed by atoms with Gasteiger partial charge in [-0.15, -0.1) is 9.36 Å². The average Bonchev–Trinajstić information content (AvgIpc) is 2.82. The van der Waals surface area contributed by atoms with Gasteiger partial charge in [-0.05, 0) is 17.7 Å². The Balaban J connectivity index is 1.90. The largest absolute Gasteiger partial charge is 0.252 e. The van der Waals surface area contributed by atoms with E-state index in [-0.39, 0.29) is 0 Å². The topological polar surface area (TPSA) is 34.6 Å². The smallest absolute Gasteiger partial charge is 0.215 e. The Morgan fingerprint density at radius 1 is 1.05 bits per heavy atom. The summed E-state index contributed by atoms with van der Waals surface area (Å²) in [7, 11) is 1.94. The van der Waals surface area contributed by atoms with E-state index in [1.165, 1.54) is 5.56 Å². The second kappa shape index (κ2) is 5.02. The fraction of sp³-hybridized carbons (Fsp3) is 0.133. The number of rotatable bonds is 3. The molecule has 0 aliphatic heterocycles. The van der Waals surface area contributed by atoms with E-state index in [2.05, 4.69) is 22.3 Å². The van der Waals surface area contributed by atoms with Crippen LogP contribution in [0.1, 0.15) is 5.56 Å². The molecule has 2 heterocycles. The van der Waals surface area contributed by atoms with Gasteiger partial charge >= 0.3 is 0 Å². The Hall–Kier alpha value is -2.49. The molecule has 0 aliphatic rings. The van der Waals surface area contributed by atoms with Gasteiger partial charge in [-0.25, -0.2) is 0 Å². The third-order valence-corrected chi connectivity index (χ3v) is 2.98. The summed E-state index contributed by atoms with van der Waals surface area (Å²) in [5.41, 5.74) is 3.18. The van der Waals surface area contributed by atoms with Gasteiger partial charge in [-0.3, -0.25) is 4.98 Å². The lowest BCUT2D eigenvalue weighted by Crippen LogP contribution is -2.36. The van der Waals surface area contributed by atoms with E-state index < -0.39 is 0 Å². The van der Waals surface area contributed by atoms with Gasteiger partial charge in [0, 0.05) is 6.20 Å². The maximum absolute atomic E-state index is 4.48. The zero-order chi connectivity index (χ0) is 13.1. The highest BCUT2D eigenvalue weighted by Crippen LogP contribution is 2.12. The molecule has 0 N–H and O–H groups in total. The molecule has 2 aromatic heterocycles. The molecular formula is C15H15N4+. The number of pyridine rings is 1. The molecule has 1 aromatic carbocycles. The van der Waals surface area contributed by atoms with Gasteiger partial charge < -0.3 is 0 Å². The minimum absolute atomic E-state index is 0.765. The standard InChI is InChI=1S/C15H15N4/c1-18-15(14-9-5-6-10-16-14)12-19(17-18)11-13-7-3-2-4-8-13/h2-10,12H,11H2,1H3/q+1. The lowest BCUT2D eigenvalue weighted by Gasteiger charge is -1.93. The maximum Gasteiger partial charge on any atom is 0.215 e. The van der Waals surface area contributed by atoms with Crippen LogP contribution in [-0.2, 0) is 13.6 Å². The van der Waals surface area contributed by atoms with E-state index in [0.29, 0.717) is 0 Å². The first-order valence-corrected chi connectivity index (χ1v) is 6.22. The molecule has 94 valence electrons. The van der Waals surface area contributed by atoms with Gasteiger partial charge in [-0.1, -0.05) is 36.4 Å². The van der Waals surface area contributed by atoms with Gasteiger partial charge in [0.25, 0.3) is 0 Å². The zero-order valence-electron chi connectivity index (χ0n) is 10.8. The van der Waals surface area contributed by atoms with Gasteiger partial charge in [-0.2, -0.15) is 0 Å². The van der Waals surface area contributed by atoms with Crippen molar-refractivity contribution in [3.63, 3.8) is 0 Å². The van der Waals surface area contributed by atoms with Crippen LogP contribution in [0.15, 0.2) is 60.9 Å². The number of hydrogen-bond donors (Lipinski definition) is 0. The number of aryl methyl sites for hydroxylation is 1. The molecule has 0 atom stereocenters. The van der Waals surface area contributed by atoms with E-state index in [1.807, 2.05) is 59.0 Å². The van der Waals surface area contributed by atoms with Crippen LogP contribution >= 0.6 is 0 Å². The average molecular weight is 251 g/mol. The third kappa shape index (κ3) is 2.52. The van der Waals surface area contributed by atoms with Crippen molar-refractivity contribution in [2.75, 3.05) is 0 Å². The highest BCUT2D eigenvalue weighted by Gasteiger charge is 2.15. The van der Waals surface area contributed by atoms with Crippen LogP contribution in [0.5, 0.6) is 0 Å². The van der Waals surface area contributed by atoms with Crippen LogP contribution in [0.25, 0.3) is 11.4 Å². The van der Waals surface area contributed by atoms with Gasteiger partial charge in [0.15, 0.2) is 6.20 Å². The van der Waals surface area contributed by atoms with E-state index >= 15 is 0 Å². The molecule has 0 amide bonds. The fourth-order valence-electron chi connectivity index (χ4n) is 2.06. The van der Waals surface area contributed by atoms with Crippen molar-refractivity contribution in [3.8, 4) is 11.4 Å². The van der Waals surface area contributed by atoms with Crippen molar-refractivity contribution < 1.29 is 4.68 Å². The number of aromatic nitrogens is 4. The molecule has 0 unspecified atom stereocenters. The lowest BCUT2D eigenvalue weighted by atomic mass is 10.2. The van der Waals surface area contributed by atoms with Crippen LogP contribution in [0.3, 0.4) is 0 Å². The second-order valence-corrected chi connectivity index (χ2v) is 4.43. The molecule has 3 rings (SSSR count). The molecule has 0 saturated heterocycles. The summed E-state index contributed by atoms with van der Waals surface area (Å²) < 4.78 is 3.78. The summed E-state index contributed by atoms with van der Waals surface area (Å²) in [4.78, 5) is 4.36. The quantitative estimate of drug-likeness (QED) is 0.665. The summed E-state index contributed by atoms with van der Waals surface area (Å²) in [5, 5.41) is 4.48. The molecule has 4 nitrogen and oxygen atoms in total. The summed E-state index contributed by atoms with van der Waals surface area (Å²) in [6, 6.07) is 16.2. The monoisotopic (exact) mass is 251 g/mol. The Labute approximate surface area is 112 Å². The second-order valence-electron chi connectivity index (χ2n) is 4.43. The zero-order valence-corrected chi connectivity index (χ0v) is 10.8. The normalized spacial score (nSPS) is 10.6. The Morgan fingerprint density at radius 2 is 1.84 bits per heavy atom. The summed E-state index contributed by atoms with van der Waals surface area (Å²) in [5.74, 6) is 0. The number of nitrogens with zero attached hydrogens (tertiary/aromatic N) is 4. The third-order valence-electron chi connectivity index (χ3n) is 2.98. The van der Waals surface area contributed by atoms with Crippen molar-refractivity contribution in [1.29, 1.82) is 0 Å². The molecule has 0 radical (unpaired) electrons. The van der Waals surface area contributed by atoms with E-state index in [1.54, 1.807) is 6.20 Å². The summed E-state index contributed by atoms with van der Waals surface area (Å²) in [6.07, 6.45) is 3.82. The Morgan fingerprint density at radius 3 is 2.58 bits per heavy atom. The van der Waals surface area contributed by atoms with Gasteiger partial charge in [0.05, 0.1) is 5.21 Å². The van der Waals surface area contributed by atoms with Crippen LogP contribution < -0.4 is 4.68 Å². The van der Waals surface area contributed by atoms with Crippen LogP contribution in [0.4, 0.5) is 0 Å². The number of hydrogen-bond acceptors (Lipinski definition) is 2. The number of benzene rings is 1. The molecule has 0 saturated carbocycles. The Kier molecular flexibility index (Phi) is 3.06. The van der Waals surface area contributed by atoms with Crippen molar-refractivity contribution >= 4 is 0 Å². The fourth-order valence-corrected chi connectivity index (χ4v) is 2.06. The lowest BCUT2D eigenvalue weighted by molar-refractivity contribution is -0.747. The first-order chi connectivity index (χ1) is 9.33. The molecule has 0 aliphatic carbocycles. The van der Waals surface area contributed by atoms with E-state index in [9.17, 15) is 0 Å². The molecule has 0 fully saturated rings. The molecule has 3 aromatic rings. The SMILES string of the molecule is Cn1n[n+](Cc2ccccc2)cc1-c1ccccn1. The first-order valence-electron chi connectivity index (χ1n) is 6.22. The molecular weight excluding hydrogens is 236 g/mol. The van der Waals surface area contributed by atoms with Crippen LogP contribution in [-0.4, -0.2) is 14.9 Å². The minimum Gasteiger partial charge on any atom is -0.252 e. The predicted octanol–water partition coefficient (Wildman–Crippen LogP) is 1.82. The van der Waals surface area contributed by atoms with Crippen LogP contribution in [0, 0.1) is 0 Å². The molecule has 4 heteroatoms. The van der Waals surface area contributed by atoms with Gasteiger partial charge in [0.2, 0.25) is 5.69 Å². The maximum atomic E-state index is 4.48. The van der Waals surface area contributed by atoms with E-state index in [0.717, 1.165) is 17.9 Å². The van der Waals surface area contributed by atoms with Gasteiger partial charge in [0.1, 0.15) is 19.3 Å². The minimum atomic E-state index is 0.765. The molecule has 0 bridgehead atoms. The summed E-state index contributed by atoms with van der Waals surface area (Å²) >= 11 is 0. The van der Waals surface area contributed by atoms with Crippen molar-refractivity contribution in [1.82, 2.24) is 14.9 Å². The Bertz CT molecular complexity index is 659. The van der Waals surface area contributed by atoms with Crippen molar-refractivity contribution in [2.45, 2.75) is 6.54 Å². The van der Waals surface area contributed by atoms with Crippen LogP contribution in [0.2, 0.25) is 0 Å². The van der Waals surface area contributed by atoms with E-state index in [4.69, 9.17) is 0 Å². The highest BCUT2D eigenvalue weighted by atomic mass is 15.5.